The van der Waals surface area contributed by atoms with Crippen LogP contribution in [0, 0.1) is 5.41 Å². The molecule has 1 fully saturated rings. The highest BCUT2D eigenvalue weighted by molar-refractivity contribution is 5.05. The van der Waals surface area contributed by atoms with Crippen LogP contribution < -0.4 is 0 Å². The molecule has 1 saturated carbocycles. The molecule has 16 heavy (non-hydrogen) atoms. The van der Waals surface area contributed by atoms with Gasteiger partial charge in [-0.2, -0.15) is 0 Å². The summed E-state index contributed by atoms with van der Waals surface area (Å²) in [5.41, 5.74) is 0.316. The second kappa shape index (κ2) is 5.18. The molecule has 90 valence electrons. The number of hydrogen-bond acceptors (Lipinski definition) is 1. The molecule has 1 heteroatoms. The van der Waals surface area contributed by atoms with Crippen LogP contribution in [-0.4, -0.2) is 12.2 Å². The van der Waals surface area contributed by atoms with Gasteiger partial charge in [0.1, 0.15) is 0 Å². The minimum Gasteiger partial charge on any atom is -0.374 e. The summed E-state index contributed by atoms with van der Waals surface area (Å²) in [7, 11) is 0. The van der Waals surface area contributed by atoms with Gasteiger partial charge in [-0.15, -0.1) is 6.58 Å². The molecule has 1 nitrogen and oxygen atoms in total. The molecule has 0 amide bonds. The van der Waals surface area contributed by atoms with Crippen molar-refractivity contribution in [3.05, 3.63) is 24.8 Å². The number of ether oxygens (including phenoxy) is 1. The quantitative estimate of drug-likeness (QED) is 0.629. The van der Waals surface area contributed by atoms with Crippen LogP contribution in [-0.2, 0) is 4.74 Å². The zero-order chi connectivity index (χ0) is 11.4. The van der Waals surface area contributed by atoms with Gasteiger partial charge < -0.3 is 4.74 Å². The Hall–Kier alpha value is -0.560. The van der Waals surface area contributed by atoms with E-state index in [0.717, 1.165) is 19.3 Å². The highest BCUT2D eigenvalue weighted by Crippen LogP contribution is 2.40. The summed E-state index contributed by atoms with van der Waals surface area (Å²) in [5, 5.41) is 0. The summed E-state index contributed by atoms with van der Waals surface area (Å²) >= 11 is 0. The Balaban J connectivity index is 1.95. The van der Waals surface area contributed by atoms with Crippen LogP contribution in [0.15, 0.2) is 24.8 Å². The average Bonchev–Trinajstić information content (AvgIpc) is 2.89. The van der Waals surface area contributed by atoms with Gasteiger partial charge in [0, 0.05) is 5.41 Å². The highest BCUT2D eigenvalue weighted by atomic mass is 16.5. The average molecular weight is 220 g/mol. The Bertz CT molecular complexity index is 253. The molecule has 0 heterocycles. The molecular weight excluding hydrogens is 196 g/mol. The Kier molecular flexibility index (Phi) is 3.86. The molecule has 0 aliphatic heterocycles. The first-order valence-corrected chi connectivity index (χ1v) is 6.66. The lowest BCUT2D eigenvalue weighted by Gasteiger charge is -2.35. The minimum atomic E-state index is 0.316. The Morgan fingerprint density at radius 2 is 2.00 bits per heavy atom. The molecule has 0 radical (unpaired) electrons. The highest BCUT2D eigenvalue weighted by Gasteiger charge is 2.36. The molecule has 0 spiro atoms. The van der Waals surface area contributed by atoms with Gasteiger partial charge in [0.15, 0.2) is 0 Å². The Morgan fingerprint density at radius 1 is 1.38 bits per heavy atom. The van der Waals surface area contributed by atoms with E-state index in [0.29, 0.717) is 17.6 Å². The van der Waals surface area contributed by atoms with Gasteiger partial charge in [-0.25, -0.2) is 0 Å². The molecule has 1 atom stereocenters. The number of allylic oxidation sites excluding steroid dienone is 2. The van der Waals surface area contributed by atoms with E-state index in [-0.39, 0.29) is 0 Å². The molecule has 1 unspecified atom stereocenters. The first-order valence-electron chi connectivity index (χ1n) is 6.66. The minimum absolute atomic E-state index is 0.316. The lowest BCUT2D eigenvalue weighted by molar-refractivity contribution is -0.0693. The summed E-state index contributed by atoms with van der Waals surface area (Å²) in [6.07, 6.45) is 16.0. The Labute approximate surface area is 99.6 Å². The molecule has 0 aromatic rings. The smallest absolute Gasteiger partial charge is 0.0672 e. The predicted octanol–water partition coefficient (Wildman–Crippen LogP) is 4.25. The van der Waals surface area contributed by atoms with Crippen LogP contribution in [0.3, 0.4) is 0 Å². The fourth-order valence-electron chi connectivity index (χ4n) is 2.96. The first-order chi connectivity index (χ1) is 7.74. The summed E-state index contributed by atoms with van der Waals surface area (Å²) < 4.78 is 6.33. The topological polar surface area (TPSA) is 9.23 Å². The fraction of sp³-hybridized carbons (Fsp3) is 0.733. The van der Waals surface area contributed by atoms with Crippen LogP contribution in [0.25, 0.3) is 0 Å². The molecule has 0 aromatic heterocycles. The molecule has 2 aliphatic carbocycles. The lowest BCUT2D eigenvalue weighted by atomic mass is 9.80. The van der Waals surface area contributed by atoms with Gasteiger partial charge in [-0.05, 0) is 32.1 Å². The second-order valence-electron chi connectivity index (χ2n) is 5.59. The van der Waals surface area contributed by atoms with Gasteiger partial charge in [-0.3, -0.25) is 0 Å². The molecular formula is C15H24O. The predicted molar refractivity (Wildman–Crippen MR) is 68.4 cm³/mol. The van der Waals surface area contributed by atoms with Crippen molar-refractivity contribution in [2.75, 3.05) is 0 Å². The van der Waals surface area contributed by atoms with Crippen LogP contribution in [0.2, 0.25) is 0 Å². The molecule has 0 bridgehead atoms. The summed E-state index contributed by atoms with van der Waals surface area (Å²) in [4.78, 5) is 0. The third-order valence-corrected chi connectivity index (χ3v) is 4.15. The molecule has 0 saturated heterocycles. The molecule has 0 N–H and O–H groups in total. The van der Waals surface area contributed by atoms with E-state index in [2.05, 4.69) is 25.7 Å². The summed E-state index contributed by atoms with van der Waals surface area (Å²) in [6.45, 7) is 6.23. The van der Waals surface area contributed by atoms with Gasteiger partial charge in [-0.1, -0.05) is 38.0 Å². The number of hydrogen-bond donors (Lipinski definition) is 0. The SMILES string of the molecule is C=CCC(OC1CCCC1)C1(C)CC=CC1. The van der Waals surface area contributed by atoms with Crippen molar-refractivity contribution >= 4 is 0 Å². The van der Waals surface area contributed by atoms with Crippen LogP contribution in [0.4, 0.5) is 0 Å². The lowest BCUT2D eigenvalue weighted by Crippen LogP contribution is -2.35. The van der Waals surface area contributed by atoms with E-state index >= 15 is 0 Å². The third kappa shape index (κ3) is 2.57. The maximum absolute atomic E-state index is 6.33. The maximum Gasteiger partial charge on any atom is 0.0672 e. The zero-order valence-corrected chi connectivity index (χ0v) is 10.5. The molecule has 2 aliphatic rings. The molecule has 0 aromatic carbocycles. The van der Waals surface area contributed by atoms with Crippen molar-refractivity contribution in [1.29, 1.82) is 0 Å². The monoisotopic (exact) mass is 220 g/mol. The van der Waals surface area contributed by atoms with Gasteiger partial charge in [0.05, 0.1) is 12.2 Å². The Morgan fingerprint density at radius 3 is 2.56 bits per heavy atom. The first kappa shape index (κ1) is 11.9. The normalized spacial score (nSPS) is 26.1. The maximum atomic E-state index is 6.33. The second-order valence-corrected chi connectivity index (χ2v) is 5.59. The van der Waals surface area contributed by atoms with Crippen LogP contribution >= 0.6 is 0 Å². The van der Waals surface area contributed by atoms with E-state index in [1.807, 2.05) is 6.08 Å². The van der Waals surface area contributed by atoms with Crippen LogP contribution in [0.1, 0.15) is 51.9 Å². The fourth-order valence-corrected chi connectivity index (χ4v) is 2.96. The zero-order valence-electron chi connectivity index (χ0n) is 10.5. The van der Waals surface area contributed by atoms with Gasteiger partial charge in [0.2, 0.25) is 0 Å². The van der Waals surface area contributed by atoms with Crippen molar-refractivity contribution in [2.45, 2.75) is 64.1 Å². The van der Waals surface area contributed by atoms with Crippen molar-refractivity contribution in [3.8, 4) is 0 Å². The summed E-state index contributed by atoms with van der Waals surface area (Å²) in [6, 6.07) is 0. The molecule has 2 rings (SSSR count). The summed E-state index contributed by atoms with van der Waals surface area (Å²) in [5.74, 6) is 0. The van der Waals surface area contributed by atoms with E-state index in [1.165, 1.54) is 25.7 Å². The van der Waals surface area contributed by atoms with E-state index < -0.39 is 0 Å². The van der Waals surface area contributed by atoms with Crippen molar-refractivity contribution in [2.24, 2.45) is 5.41 Å². The van der Waals surface area contributed by atoms with Gasteiger partial charge >= 0.3 is 0 Å². The third-order valence-electron chi connectivity index (χ3n) is 4.15. The largest absolute Gasteiger partial charge is 0.374 e. The van der Waals surface area contributed by atoms with Crippen LogP contribution in [0.5, 0.6) is 0 Å². The standard InChI is InChI=1S/C15H24O/c1-3-8-14(15(2)11-6-7-12-15)16-13-9-4-5-10-13/h3,6-7,13-14H,1,4-5,8-12H2,2H3. The number of rotatable bonds is 5. The van der Waals surface area contributed by atoms with Crippen molar-refractivity contribution < 1.29 is 4.74 Å². The van der Waals surface area contributed by atoms with E-state index in [9.17, 15) is 0 Å². The van der Waals surface area contributed by atoms with E-state index in [4.69, 9.17) is 4.74 Å². The van der Waals surface area contributed by atoms with Crippen molar-refractivity contribution in [1.82, 2.24) is 0 Å². The van der Waals surface area contributed by atoms with E-state index in [1.54, 1.807) is 0 Å². The van der Waals surface area contributed by atoms with Gasteiger partial charge in [0.25, 0.3) is 0 Å². The van der Waals surface area contributed by atoms with Crippen molar-refractivity contribution in [3.63, 3.8) is 0 Å².